The summed E-state index contributed by atoms with van der Waals surface area (Å²) in [5.74, 6) is 0.317. The maximum Gasteiger partial charge on any atom is 0.573 e. The summed E-state index contributed by atoms with van der Waals surface area (Å²) in [6.45, 7) is 3.49. The summed E-state index contributed by atoms with van der Waals surface area (Å²) in [5, 5.41) is 3.31. The van der Waals surface area contributed by atoms with Gasteiger partial charge in [-0.15, -0.1) is 13.2 Å². The van der Waals surface area contributed by atoms with Crippen LogP contribution in [0.4, 0.5) is 22.0 Å². The fourth-order valence-electron chi connectivity index (χ4n) is 4.30. The molecule has 156 valence electrons. The summed E-state index contributed by atoms with van der Waals surface area (Å²) >= 11 is 0. The van der Waals surface area contributed by atoms with E-state index in [0.717, 1.165) is 31.3 Å². The van der Waals surface area contributed by atoms with Crippen LogP contribution in [0.15, 0.2) is 42.5 Å². The molecule has 1 saturated carbocycles. The quantitative estimate of drug-likeness (QED) is 0.686. The number of hydrogen-bond acceptors (Lipinski definition) is 3. The zero-order chi connectivity index (χ0) is 20.6. The molecule has 2 atom stereocenters. The second-order valence-electron chi connectivity index (χ2n) is 7.75. The lowest BCUT2D eigenvalue weighted by atomic mass is 10.1. The van der Waals surface area contributed by atoms with Gasteiger partial charge in [0, 0.05) is 37.8 Å². The van der Waals surface area contributed by atoms with Crippen molar-refractivity contribution < 1.29 is 26.7 Å². The minimum absolute atomic E-state index is 0.219. The molecule has 0 bridgehead atoms. The molecule has 0 radical (unpaired) electrons. The number of halogens is 5. The summed E-state index contributed by atoms with van der Waals surface area (Å²) in [4.78, 5) is 2.18. The Hall–Kier alpha value is -2.19. The number of ether oxygens (including phenoxy) is 1. The van der Waals surface area contributed by atoms with Gasteiger partial charge in [-0.1, -0.05) is 18.2 Å². The normalized spacial score (nSPS) is 23.8. The predicted molar refractivity (Wildman–Crippen MR) is 96.9 cm³/mol. The van der Waals surface area contributed by atoms with E-state index in [-0.39, 0.29) is 5.75 Å². The fraction of sp³-hybridized carbons (Fsp3) is 0.429. The molecule has 0 spiro atoms. The third kappa shape index (κ3) is 5.05. The van der Waals surface area contributed by atoms with E-state index in [9.17, 15) is 22.0 Å². The molecule has 0 aromatic heterocycles. The van der Waals surface area contributed by atoms with Crippen molar-refractivity contribution in [1.82, 2.24) is 10.2 Å². The van der Waals surface area contributed by atoms with Crippen molar-refractivity contribution in [3.05, 3.63) is 65.2 Å². The van der Waals surface area contributed by atoms with Gasteiger partial charge in [0.05, 0.1) is 0 Å². The molecule has 1 heterocycles. The van der Waals surface area contributed by atoms with Crippen LogP contribution in [0.5, 0.6) is 5.75 Å². The van der Waals surface area contributed by atoms with Crippen molar-refractivity contribution in [1.29, 1.82) is 0 Å². The van der Waals surface area contributed by atoms with Gasteiger partial charge in [-0.05, 0) is 48.1 Å². The van der Waals surface area contributed by atoms with Gasteiger partial charge in [0.1, 0.15) is 17.4 Å². The number of fused-ring (bicyclic) bond motifs is 1. The Morgan fingerprint density at radius 2 is 1.79 bits per heavy atom. The fourth-order valence-corrected chi connectivity index (χ4v) is 4.30. The molecular formula is C21H21F5N2O. The third-order valence-corrected chi connectivity index (χ3v) is 5.70. The first kappa shape index (κ1) is 20.1. The molecule has 4 rings (SSSR count). The molecule has 2 aromatic carbocycles. The van der Waals surface area contributed by atoms with Crippen LogP contribution >= 0.6 is 0 Å². The van der Waals surface area contributed by atoms with Gasteiger partial charge in [-0.2, -0.15) is 0 Å². The molecule has 1 N–H and O–H groups in total. The smallest absolute Gasteiger partial charge is 0.406 e. The number of likely N-dealkylation sites (tertiary alicyclic amines) is 1. The van der Waals surface area contributed by atoms with Crippen molar-refractivity contribution in [2.75, 3.05) is 19.6 Å². The molecular weight excluding hydrogens is 391 g/mol. The van der Waals surface area contributed by atoms with Gasteiger partial charge in [0.2, 0.25) is 0 Å². The lowest BCUT2D eigenvalue weighted by Crippen LogP contribution is -2.27. The number of nitrogens with one attached hydrogen (secondary N) is 1. The van der Waals surface area contributed by atoms with Crippen molar-refractivity contribution in [3.8, 4) is 5.75 Å². The van der Waals surface area contributed by atoms with Gasteiger partial charge in [0.25, 0.3) is 0 Å². The Morgan fingerprint density at radius 1 is 1.03 bits per heavy atom. The van der Waals surface area contributed by atoms with Crippen LogP contribution in [-0.4, -0.2) is 30.9 Å². The summed E-state index contributed by atoms with van der Waals surface area (Å²) in [7, 11) is 0. The van der Waals surface area contributed by atoms with E-state index in [1.165, 1.54) is 30.3 Å². The zero-order valence-electron chi connectivity index (χ0n) is 15.6. The first-order valence-electron chi connectivity index (χ1n) is 9.50. The maximum absolute atomic E-state index is 13.8. The maximum atomic E-state index is 13.8. The number of nitrogens with zero attached hydrogens (tertiary/aromatic N) is 1. The molecule has 3 nitrogen and oxygen atoms in total. The minimum atomic E-state index is -4.69. The molecule has 1 saturated heterocycles. The molecule has 1 aliphatic carbocycles. The highest BCUT2D eigenvalue weighted by Crippen LogP contribution is 2.51. The Labute approximate surface area is 165 Å². The van der Waals surface area contributed by atoms with Crippen LogP contribution in [0, 0.1) is 29.4 Å². The molecule has 1 aliphatic heterocycles. The third-order valence-electron chi connectivity index (χ3n) is 5.70. The van der Waals surface area contributed by atoms with Crippen LogP contribution in [-0.2, 0) is 13.1 Å². The highest BCUT2D eigenvalue weighted by molar-refractivity contribution is 5.28. The molecule has 2 unspecified atom stereocenters. The Morgan fingerprint density at radius 3 is 2.48 bits per heavy atom. The van der Waals surface area contributed by atoms with Gasteiger partial charge >= 0.3 is 6.36 Å². The van der Waals surface area contributed by atoms with Crippen LogP contribution in [0.1, 0.15) is 11.1 Å². The summed E-state index contributed by atoms with van der Waals surface area (Å²) in [6.07, 6.45) is -4.69. The highest BCUT2D eigenvalue weighted by atomic mass is 19.4. The monoisotopic (exact) mass is 412 g/mol. The van der Waals surface area contributed by atoms with E-state index in [4.69, 9.17) is 0 Å². The van der Waals surface area contributed by atoms with Crippen LogP contribution in [0.3, 0.4) is 0 Å². The van der Waals surface area contributed by atoms with Gasteiger partial charge in [-0.25, -0.2) is 8.78 Å². The SMILES string of the molecule is Fc1ccc(CN2CC3C(CNCc4cccc(OC(F)(F)F)c4)C3C2)c(F)c1. The second-order valence-corrected chi connectivity index (χ2v) is 7.75. The summed E-state index contributed by atoms with van der Waals surface area (Å²) in [5.41, 5.74) is 1.23. The number of piperidine rings is 1. The van der Waals surface area contributed by atoms with E-state index < -0.39 is 18.0 Å². The van der Waals surface area contributed by atoms with E-state index >= 15 is 0 Å². The molecule has 2 aromatic rings. The van der Waals surface area contributed by atoms with E-state index in [0.29, 0.717) is 36.4 Å². The van der Waals surface area contributed by atoms with E-state index in [1.54, 1.807) is 6.07 Å². The first-order chi connectivity index (χ1) is 13.8. The highest BCUT2D eigenvalue weighted by Gasteiger charge is 2.54. The van der Waals surface area contributed by atoms with E-state index in [2.05, 4.69) is 15.0 Å². The topological polar surface area (TPSA) is 24.5 Å². The molecule has 29 heavy (non-hydrogen) atoms. The molecule has 2 aliphatic rings. The van der Waals surface area contributed by atoms with Crippen molar-refractivity contribution in [2.24, 2.45) is 17.8 Å². The standard InChI is InChI=1S/C21H21F5N2O/c22-15-5-4-14(20(23)7-15)10-28-11-18-17(19(18)12-28)9-27-8-13-2-1-3-16(6-13)29-21(24,25)26/h1-7,17-19,27H,8-12H2. The van der Waals surface area contributed by atoms with Crippen molar-refractivity contribution in [2.45, 2.75) is 19.5 Å². The van der Waals surface area contributed by atoms with E-state index in [1.807, 2.05) is 0 Å². The minimum Gasteiger partial charge on any atom is -0.406 e. The lowest BCUT2D eigenvalue weighted by molar-refractivity contribution is -0.274. The van der Waals surface area contributed by atoms with Crippen LogP contribution in [0.25, 0.3) is 0 Å². The van der Waals surface area contributed by atoms with Gasteiger partial charge < -0.3 is 10.1 Å². The molecule has 2 fully saturated rings. The van der Waals surface area contributed by atoms with Crippen LogP contribution in [0.2, 0.25) is 0 Å². The Bertz CT molecular complexity index is 860. The Kier molecular flexibility index (Phi) is 5.48. The second kappa shape index (κ2) is 7.91. The predicted octanol–water partition coefficient (Wildman–Crippen LogP) is 4.33. The Balaban J connectivity index is 1.20. The molecule has 8 heteroatoms. The first-order valence-corrected chi connectivity index (χ1v) is 9.50. The number of alkyl halides is 3. The lowest BCUT2D eigenvalue weighted by Gasteiger charge is -2.20. The summed E-state index contributed by atoms with van der Waals surface area (Å²) < 4.78 is 67.6. The van der Waals surface area contributed by atoms with Crippen LogP contribution < -0.4 is 10.1 Å². The largest absolute Gasteiger partial charge is 0.573 e. The van der Waals surface area contributed by atoms with Crippen molar-refractivity contribution in [3.63, 3.8) is 0 Å². The average Bonchev–Trinajstić information content (AvgIpc) is 3.07. The summed E-state index contributed by atoms with van der Waals surface area (Å²) in [6, 6.07) is 9.63. The van der Waals surface area contributed by atoms with Gasteiger partial charge in [-0.3, -0.25) is 4.90 Å². The van der Waals surface area contributed by atoms with Crippen molar-refractivity contribution >= 4 is 0 Å². The number of hydrogen-bond donors (Lipinski definition) is 1. The van der Waals surface area contributed by atoms with Gasteiger partial charge in [0.15, 0.2) is 0 Å². The zero-order valence-corrected chi connectivity index (χ0v) is 15.6. The number of benzene rings is 2. The number of rotatable bonds is 7. The molecule has 0 amide bonds. The average molecular weight is 412 g/mol.